The van der Waals surface area contributed by atoms with E-state index in [-0.39, 0.29) is 5.60 Å². The van der Waals surface area contributed by atoms with E-state index in [1.54, 1.807) is 0 Å². The van der Waals surface area contributed by atoms with Gasteiger partial charge < -0.3 is 10.1 Å². The van der Waals surface area contributed by atoms with E-state index in [4.69, 9.17) is 4.74 Å². The Balaban J connectivity index is 1.94. The van der Waals surface area contributed by atoms with Gasteiger partial charge in [0, 0.05) is 0 Å². The number of piperidine rings is 1. The number of ether oxygens (including phenoxy) is 1. The largest absolute Gasteiger partial charge is 0.486 e. The Labute approximate surface area is 111 Å². The molecule has 1 N–H and O–H groups in total. The Morgan fingerprint density at radius 1 is 1.24 bits per heavy atom. The lowest BCUT2D eigenvalue weighted by atomic mass is 9.83. The third-order valence-corrected chi connectivity index (χ3v) is 4.54. The first-order chi connectivity index (χ1) is 8.19. The molecular formula is C14H18BrNO. The summed E-state index contributed by atoms with van der Waals surface area (Å²) in [5.74, 6) is 1.09. The van der Waals surface area contributed by atoms with Gasteiger partial charge in [-0.05, 0) is 78.8 Å². The molecule has 1 saturated heterocycles. The van der Waals surface area contributed by atoms with Crippen molar-refractivity contribution in [1.29, 1.82) is 0 Å². The van der Waals surface area contributed by atoms with Crippen molar-refractivity contribution in [2.45, 2.75) is 38.2 Å². The summed E-state index contributed by atoms with van der Waals surface area (Å²) >= 11 is 3.64. The van der Waals surface area contributed by atoms with Crippen LogP contribution in [0.25, 0.3) is 0 Å². The first-order valence-electron chi connectivity index (χ1n) is 6.37. The smallest absolute Gasteiger partial charge is 0.137 e. The number of fused-ring (bicyclic) bond motifs is 1. The van der Waals surface area contributed by atoms with E-state index < -0.39 is 0 Å². The molecule has 1 aromatic carbocycles. The van der Waals surface area contributed by atoms with E-state index >= 15 is 0 Å². The molecule has 0 saturated carbocycles. The molecule has 2 aliphatic heterocycles. The van der Waals surface area contributed by atoms with Crippen LogP contribution in [-0.2, 0) is 6.42 Å². The van der Waals surface area contributed by atoms with Crippen LogP contribution in [0.3, 0.4) is 0 Å². The van der Waals surface area contributed by atoms with Gasteiger partial charge in [-0.25, -0.2) is 0 Å². The number of hydrogen-bond acceptors (Lipinski definition) is 2. The minimum Gasteiger partial charge on any atom is -0.486 e. The highest BCUT2D eigenvalue weighted by atomic mass is 79.9. The molecule has 0 atom stereocenters. The average Bonchev–Trinajstić information content (AvgIpc) is 2.32. The van der Waals surface area contributed by atoms with E-state index in [9.17, 15) is 0 Å². The number of aryl methyl sites for hydroxylation is 2. The quantitative estimate of drug-likeness (QED) is 0.794. The highest BCUT2D eigenvalue weighted by molar-refractivity contribution is 9.10. The van der Waals surface area contributed by atoms with Gasteiger partial charge in [0.1, 0.15) is 11.4 Å². The lowest BCUT2D eigenvalue weighted by molar-refractivity contribution is 0.0162. The van der Waals surface area contributed by atoms with Crippen LogP contribution in [0, 0.1) is 6.92 Å². The summed E-state index contributed by atoms with van der Waals surface area (Å²) in [7, 11) is 0. The monoisotopic (exact) mass is 295 g/mol. The van der Waals surface area contributed by atoms with Crippen molar-refractivity contribution < 1.29 is 4.74 Å². The van der Waals surface area contributed by atoms with Gasteiger partial charge in [0.25, 0.3) is 0 Å². The SMILES string of the molecule is Cc1cc(Br)c2c(c1)CCC1(CCNCC1)O2. The minimum absolute atomic E-state index is 0.0933. The summed E-state index contributed by atoms with van der Waals surface area (Å²) < 4.78 is 7.48. The van der Waals surface area contributed by atoms with E-state index in [0.717, 1.165) is 49.0 Å². The van der Waals surface area contributed by atoms with E-state index in [0.29, 0.717) is 0 Å². The number of halogens is 1. The fourth-order valence-corrected chi connectivity index (χ4v) is 3.66. The standard InChI is InChI=1S/C14H18BrNO/c1-10-8-11-2-3-14(4-6-16-7-5-14)17-13(11)12(15)9-10/h8-9,16H,2-7H2,1H3. The lowest BCUT2D eigenvalue weighted by Gasteiger charge is -2.42. The number of hydrogen-bond donors (Lipinski definition) is 1. The van der Waals surface area contributed by atoms with Crippen LogP contribution in [0.4, 0.5) is 0 Å². The molecule has 3 heteroatoms. The Morgan fingerprint density at radius 3 is 2.76 bits per heavy atom. The molecule has 3 rings (SSSR count). The van der Waals surface area contributed by atoms with Crippen molar-refractivity contribution in [3.8, 4) is 5.75 Å². The van der Waals surface area contributed by atoms with Gasteiger partial charge in [0.05, 0.1) is 4.47 Å². The fraction of sp³-hybridized carbons (Fsp3) is 0.571. The number of benzene rings is 1. The van der Waals surface area contributed by atoms with Crippen molar-refractivity contribution in [2.24, 2.45) is 0 Å². The van der Waals surface area contributed by atoms with Crippen LogP contribution in [0.5, 0.6) is 5.75 Å². The van der Waals surface area contributed by atoms with Crippen LogP contribution >= 0.6 is 15.9 Å². The molecular weight excluding hydrogens is 278 g/mol. The van der Waals surface area contributed by atoms with E-state index in [1.165, 1.54) is 11.1 Å². The summed E-state index contributed by atoms with van der Waals surface area (Å²) in [6, 6.07) is 4.41. The molecule has 0 amide bonds. The second-order valence-corrected chi connectivity index (χ2v) is 6.12. The van der Waals surface area contributed by atoms with Gasteiger partial charge in [-0.2, -0.15) is 0 Å². The Bertz CT molecular complexity index is 438. The first-order valence-corrected chi connectivity index (χ1v) is 7.17. The van der Waals surface area contributed by atoms with Gasteiger partial charge in [-0.3, -0.25) is 0 Å². The van der Waals surface area contributed by atoms with Crippen molar-refractivity contribution in [1.82, 2.24) is 5.32 Å². The van der Waals surface area contributed by atoms with Crippen molar-refractivity contribution in [3.05, 3.63) is 27.7 Å². The second kappa shape index (κ2) is 4.29. The van der Waals surface area contributed by atoms with Crippen LogP contribution in [0.2, 0.25) is 0 Å². The van der Waals surface area contributed by atoms with Gasteiger partial charge in [0.2, 0.25) is 0 Å². The zero-order valence-corrected chi connectivity index (χ0v) is 11.8. The van der Waals surface area contributed by atoms with Crippen molar-refractivity contribution in [3.63, 3.8) is 0 Å². The number of rotatable bonds is 0. The second-order valence-electron chi connectivity index (χ2n) is 5.27. The molecule has 1 spiro atoms. The Hall–Kier alpha value is -0.540. The van der Waals surface area contributed by atoms with Crippen molar-refractivity contribution in [2.75, 3.05) is 13.1 Å². The molecule has 0 aromatic heterocycles. The normalized spacial score (nSPS) is 22.0. The predicted octanol–water partition coefficient (Wildman–Crippen LogP) is 3.20. The van der Waals surface area contributed by atoms with Gasteiger partial charge in [-0.1, -0.05) is 6.07 Å². The molecule has 0 bridgehead atoms. The zero-order chi connectivity index (χ0) is 11.9. The zero-order valence-electron chi connectivity index (χ0n) is 10.2. The van der Waals surface area contributed by atoms with E-state index in [2.05, 4.69) is 40.3 Å². The van der Waals surface area contributed by atoms with Gasteiger partial charge in [-0.15, -0.1) is 0 Å². The minimum atomic E-state index is 0.0933. The summed E-state index contributed by atoms with van der Waals surface area (Å²) in [6.45, 7) is 4.30. The molecule has 0 unspecified atom stereocenters. The van der Waals surface area contributed by atoms with Crippen molar-refractivity contribution >= 4 is 15.9 Å². The summed E-state index contributed by atoms with van der Waals surface area (Å²) in [6.07, 6.45) is 4.58. The fourth-order valence-electron chi connectivity index (χ4n) is 2.97. The molecule has 2 aliphatic rings. The first kappa shape index (κ1) is 11.5. The topological polar surface area (TPSA) is 21.3 Å². The lowest BCUT2D eigenvalue weighted by Crippen LogP contribution is -2.48. The predicted molar refractivity (Wildman–Crippen MR) is 72.7 cm³/mol. The molecule has 17 heavy (non-hydrogen) atoms. The maximum absolute atomic E-state index is 6.36. The summed E-state index contributed by atoms with van der Waals surface area (Å²) in [5.41, 5.74) is 2.76. The molecule has 2 nitrogen and oxygen atoms in total. The summed E-state index contributed by atoms with van der Waals surface area (Å²) in [4.78, 5) is 0. The average molecular weight is 296 g/mol. The van der Waals surface area contributed by atoms with E-state index in [1.807, 2.05) is 0 Å². The molecule has 1 fully saturated rings. The maximum atomic E-state index is 6.36. The third-order valence-electron chi connectivity index (χ3n) is 3.95. The Kier molecular flexibility index (Phi) is 2.91. The molecule has 0 aliphatic carbocycles. The van der Waals surface area contributed by atoms with Crippen LogP contribution in [0.1, 0.15) is 30.4 Å². The molecule has 0 radical (unpaired) electrons. The summed E-state index contributed by atoms with van der Waals surface area (Å²) in [5, 5.41) is 3.41. The van der Waals surface area contributed by atoms with Crippen LogP contribution in [-0.4, -0.2) is 18.7 Å². The third kappa shape index (κ3) is 2.11. The van der Waals surface area contributed by atoms with Gasteiger partial charge >= 0.3 is 0 Å². The maximum Gasteiger partial charge on any atom is 0.137 e. The number of nitrogens with one attached hydrogen (secondary N) is 1. The van der Waals surface area contributed by atoms with Crippen LogP contribution in [0.15, 0.2) is 16.6 Å². The van der Waals surface area contributed by atoms with Crippen LogP contribution < -0.4 is 10.1 Å². The highest BCUT2D eigenvalue weighted by Crippen LogP contribution is 2.42. The molecule has 92 valence electrons. The Morgan fingerprint density at radius 2 is 2.00 bits per heavy atom. The highest BCUT2D eigenvalue weighted by Gasteiger charge is 2.38. The van der Waals surface area contributed by atoms with Gasteiger partial charge in [0.15, 0.2) is 0 Å². The molecule has 2 heterocycles. The molecule has 1 aromatic rings.